The molecule has 7 nitrogen and oxygen atoms in total. The number of carboxylic acid groups (broad SMARTS) is 1. The summed E-state index contributed by atoms with van der Waals surface area (Å²) in [5.41, 5.74) is 1.02. The predicted octanol–water partition coefficient (Wildman–Crippen LogP) is 2.86. The van der Waals surface area contributed by atoms with Gasteiger partial charge in [-0.1, -0.05) is 30.3 Å². The van der Waals surface area contributed by atoms with E-state index in [1.165, 1.54) is 12.1 Å². The number of carbonyl (C=O) groups is 2. The molecule has 1 amide bonds. The van der Waals surface area contributed by atoms with Crippen LogP contribution in [0.1, 0.15) is 15.9 Å². The largest absolute Gasteiger partial charge is 0.478 e. The number of benzene rings is 2. The van der Waals surface area contributed by atoms with Gasteiger partial charge in [0.2, 0.25) is 6.79 Å². The highest BCUT2D eigenvalue weighted by Gasteiger charge is 2.24. The molecule has 0 atom stereocenters. The molecule has 118 valence electrons. The van der Waals surface area contributed by atoms with Crippen molar-refractivity contribution in [2.24, 2.45) is 0 Å². The first-order valence-electron chi connectivity index (χ1n) is 6.78. The Labute approximate surface area is 131 Å². The quantitative estimate of drug-likeness (QED) is 0.901. The van der Waals surface area contributed by atoms with Crippen molar-refractivity contribution < 1.29 is 28.9 Å². The van der Waals surface area contributed by atoms with Crippen LogP contribution in [-0.4, -0.2) is 24.0 Å². The number of carbonyl (C=O) groups excluding carboxylic acids is 1. The molecule has 2 aromatic rings. The smallest absolute Gasteiger partial charge is 0.411 e. The minimum Gasteiger partial charge on any atom is -0.478 e. The summed E-state index contributed by atoms with van der Waals surface area (Å²) < 4.78 is 15.4. The van der Waals surface area contributed by atoms with Gasteiger partial charge in [0, 0.05) is 11.8 Å². The van der Waals surface area contributed by atoms with E-state index >= 15 is 0 Å². The van der Waals surface area contributed by atoms with Crippen LogP contribution in [-0.2, 0) is 11.3 Å². The monoisotopic (exact) mass is 315 g/mol. The van der Waals surface area contributed by atoms with Gasteiger partial charge in [-0.05, 0) is 11.6 Å². The second-order valence-corrected chi connectivity index (χ2v) is 4.75. The molecule has 1 aliphatic heterocycles. The average Bonchev–Trinajstić information content (AvgIpc) is 3.01. The van der Waals surface area contributed by atoms with Crippen molar-refractivity contribution in [1.82, 2.24) is 0 Å². The van der Waals surface area contributed by atoms with E-state index in [-0.39, 0.29) is 36.1 Å². The Balaban J connectivity index is 1.69. The summed E-state index contributed by atoms with van der Waals surface area (Å²) in [6.45, 7) is 0.0561. The van der Waals surface area contributed by atoms with E-state index in [1.54, 1.807) is 0 Å². The first kappa shape index (κ1) is 14.7. The molecule has 0 spiro atoms. The lowest BCUT2D eigenvalue weighted by molar-refractivity contribution is 0.0692. The highest BCUT2D eigenvalue weighted by molar-refractivity contribution is 5.95. The number of fused-ring (bicyclic) bond motifs is 1. The van der Waals surface area contributed by atoms with Crippen LogP contribution in [0, 0.1) is 0 Å². The topological polar surface area (TPSA) is 94.1 Å². The fraction of sp³-hybridized carbons (Fsp3) is 0.125. The summed E-state index contributed by atoms with van der Waals surface area (Å²) in [6, 6.07) is 12.0. The first-order valence-corrected chi connectivity index (χ1v) is 6.78. The second-order valence-electron chi connectivity index (χ2n) is 4.75. The van der Waals surface area contributed by atoms with Crippen LogP contribution in [0.2, 0.25) is 0 Å². The highest BCUT2D eigenvalue weighted by atomic mass is 16.7. The summed E-state index contributed by atoms with van der Waals surface area (Å²) in [5.74, 6) is -0.753. The zero-order valence-corrected chi connectivity index (χ0v) is 11.9. The van der Waals surface area contributed by atoms with Gasteiger partial charge in [-0.15, -0.1) is 0 Å². The van der Waals surface area contributed by atoms with Crippen molar-refractivity contribution >= 4 is 17.7 Å². The molecule has 7 heteroatoms. The molecule has 0 saturated heterocycles. The lowest BCUT2D eigenvalue weighted by atomic mass is 10.1. The zero-order chi connectivity index (χ0) is 16.2. The van der Waals surface area contributed by atoms with E-state index in [9.17, 15) is 14.7 Å². The second kappa shape index (κ2) is 6.27. The average molecular weight is 315 g/mol. The van der Waals surface area contributed by atoms with E-state index in [1.807, 2.05) is 30.3 Å². The van der Waals surface area contributed by atoms with Gasteiger partial charge in [0.1, 0.15) is 12.2 Å². The Morgan fingerprint density at radius 2 is 1.96 bits per heavy atom. The minimum absolute atomic E-state index is 0.0580. The van der Waals surface area contributed by atoms with Gasteiger partial charge < -0.3 is 19.3 Å². The summed E-state index contributed by atoms with van der Waals surface area (Å²) in [5, 5.41) is 11.7. The van der Waals surface area contributed by atoms with Gasteiger partial charge in [0.25, 0.3) is 0 Å². The Morgan fingerprint density at radius 3 is 2.70 bits per heavy atom. The van der Waals surface area contributed by atoms with Crippen molar-refractivity contribution in [3.63, 3.8) is 0 Å². The van der Waals surface area contributed by atoms with Crippen molar-refractivity contribution in [1.29, 1.82) is 0 Å². The summed E-state index contributed by atoms with van der Waals surface area (Å²) in [6.07, 6.45) is -0.691. The van der Waals surface area contributed by atoms with E-state index < -0.39 is 12.1 Å². The van der Waals surface area contributed by atoms with E-state index in [0.717, 1.165) is 5.56 Å². The number of aromatic carboxylic acids is 1. The van der Waals surface area contributed by atoms with Crippen molar-refractivity contribution in [3.8, 4) is 11.5 Å². The van der Waals surface area contributed by atoms with Gasteiger partial charge in [-0.3, -0.25) is 5.32 Å². The molecule has 0 aliphatic carbocycles. The van der Waals surface area contributed by atoms with Crippen LogP contribution in [0.25, 0.3) is 0 Å². The maximum atomic E-state index is 11.8. The van der Waals surface area contributed by atoms with Crippen LogP contribution in [0.4, 0.5) is 10.5 Å². The van der Waals surface area contributed by atoms with Crippen molar-refractivity contribution in [2.45, 2.75) is 6.61 Å². The normalized spacial score (nSPS) is 11.8. The molecule has 2 aromatic carbocycles. The summed E-state index contributed by atoms with van der Waals surface area (Å²) in [7, 11) is 0. The molecule has 0 fully saturated rings. The van der Waals surface area contributed by atoms with Crippen molar-refractivity contribution in [3.05, 3.63) is 53.6 Å². The van der Waals surface area contributed by atoms with Crippen LogP contribution < -0.4 is 14.8 Å². The number of nitrogens with one attached hydrogen (secondary N) is 1. The minimum atomic E-state index is -1.17. The van der Waals surface area contributed by atoms with Gasteiger partial charge in [-0.2, -0.15) is 0 Å². The van der Waals surface area contributed by atoms with Crippen LogP contribution in [0.3, 0.4) is 0 Å². The molecule has 1 heterocycles. The molecule has 0 aromatic heterocycles. The molecule has 2 N–H and O–H groups in total. The van der Waals surface area contributed by atoms with Gasteiger partial charge >= 0.3 is 12.1 Å². The third-order valence-corrected chi connectivity index (χ3v) is 3.16. The molecule has 0 unspecified atom stereocenters. The maximum absolute atomic E-state index is 11.8. The van der Waals surface area contributed by atoms with E-state index in [2.05, 4.69) is 5.32 Å². The lowest BCUT2D eigenvalue weighted by Gasteiger charge is -2.09. The number of amides is 1. The van der Waals surface area contributed by atoms with E-state index in [0.29, 0.717) is 0 Å². The molecule has 0 saturated carbocycles. The first-order chi connectivity index (χ1) is 11.1. The Hall–Kier alpha value is -3.22. The highest BCUT2D eigenvalue weighted by Crippen LogP contribution is 2.38. The fourth-order valence-electron chi connectivity index (χ4n) is 2.12. The lowest BCUT2D eigenvalue weighted by Crippen LogP contribution is -2.14. The van der Waals surface area contributed by atoms with E-state index in [4.69, 9.17) is 14.2 Å². The number of hydrogen-bond acceptors (Lipinski definition) is 5. The fourth-order valence-corrected chi connectivity index (χ4v) is 2.12. The third kappa shape index (κ3) is 3.34. The SMILES string of the molecule is O=C(Nc1cc2c(c(C(=O)O)c1)OCO2)OCc1ccccc1. The zero-order valence-electron chi connectivity index (χ0n) is 11.9. The molecule has 3 rings (SSSR count). The molecule has 1 aliphatic rings. The Kier molecular flexibility index (Phi) is 4.01. The number of anilines is 1. The predicted molar refractivity (Wildman–Crippen MR) is 79.8 cm³/mol. The van der Waals surface area contributed by atoms with Crippen LogP contribution in [0.15, 0.2) is 42.5 Å². The number of hydrogen-bond donors (Lipinski definition) is 2. The molecular weight excluding hydrogens is 302 g/mol. The molecule has 0 bridgehead atoms. The van der Waals surface area contributed by atoms with Crippen LogP contribution >= 0.6 is 0 Å². The van der Waals surface area contributed by atoms with Gasteiger partial charge in [0.15, 0.2) is 11.5 Å². The number of rotatable bonds is 4. The maximum Gasteiger partial charge on any atom is 0.411 e. The van der Waals surface area contributed by atoms with Gasteiger partial charge in [-0.25, -0.2) is 9.59 Å². The molecule has 23 heavy (non-hydrogen) atoms. The Bertz CT molecular complexity index is 744. The summed E-state index contributed by atoms with van der Waals surface area (Å²) in [4.78, 5) is 23.0. The third-order valence-electron chi connectivity index (χ3n) is 3.16. The number of ether oxygens (including phenoxy) is 3. The Morgan fingerprint density at radius 1 is 1.17 bits per heavy atom. The number of carboxylic acids is 1. The van der Waals surface area contributed by atoms with Crippen LogP contribution in [0.5, 0.6) is 11.5 Å². The van der Waals surface area contributed by atoms with Gasteiger partial charge in [0.05, 0.1) is 0 Å². The summed E-state index contributed by atoms with van der Waals surface area (Å²) >= 11 is 0. The van der Waals surface area contributed by atoms with Crippen molar-refractivity contribution in [2.75, 3.05) is 12.1 Å². The molecule has 0 radical (unpaired) electrons. The molecular formula is C16H13NO6. The standard InChI is InChI=1S/C16H13NO6/c18-15(19)12-6-11(7-13-14(12)23-9-22-13)17-16(20)21-8-10-4-2-1-3-5-10/h1-7H,8-9H2,(H,17,20)(H,18,19).